The van der Waals surface area contributed by atoms with Gasteiger partial charge in [-0.05, 0) is 38.5 Å². The van der Waals surface area contributed by atoms with E-state index in [1.54, 1.807) is 17.3 Å². The Kier molecular flexibility index (Phi) is 5.11. The Morgan fingerprint density at radius 2 is 2.15 bits per heavy atom. The van der Waals surface area contributed by atoms with Crippen molar-refractivity contribution in [2.75, 3.05) is 13.6 Å². The number of aryl methyl sites for hydroxylation is 1. The van der Waals surface area contributed by atoms with Gasteiger partial charge in [-0.25, -0.2) is 0 Å². The van der Waals surface area contributed by atoms with Gasteiger partial charge in [0.05, 0.1) is 11.6 Å². The lowest BCUT2D eigenvalue weighted by atomic mass is 9.94. The van der Waals surface area contributed by atoms with Crippen LogP contribution in [0.3, 0.4) is 0 Å². The second kappa shape index (κ2) is 7.32. The van der Waals surface area contributed by atoms with Crippen LogP contribution < -0.4 is 5.32 Å². The molecule has 1 fully saturated rings. The summed E-state index contributed by atoms with van der Waals surface area (Å²) in [6.07, 6.45) is 3.95. The molecule has 0 spiro atoms. The van der Waals surface area contributed by atoms with Crippen molar-refractivity contribution >= 4 is 11.8 Å². The lowest BCUT2D eigenvalue weighted by molar-refractivity contribution is -0.127. The molecule has 0 bridgehead atoms. The molecule has 0 aliphatic carbocycles. The maximum Gasteiger partial charge on any atom is 0.253 e. The van der Waals surface area contributed by atoms with Crippen molar-refractivity contribution in [1.29, 1.82) is 0 Å². The molecule has 2 aromatic rings. The van der Waals surface area contributed by atoms with Crippen LogP contribution in [0.2, 0.25) is 0 Å². The van der Waals surface area contributed by atoms with Crippen LogP contribution in [0, 0.1) is 19.8 Å². The van der Waals surface area contributed by atoms with Crippen LogP contribution in [0.1, 0.15) is 46.7 Å². The van der Waals surface area contributed by atoms with Gasteiger partial charge in [0.2, 0.25) is 5.91 Å². The summed E-state index contributed by atoms with van der Waals surface area (Å²) < 4.78 is 2.13. The Bertz CT molecular complexity index is 813. The highest BCUT2D eigenvalue weighted by molar-refractivity contribution is 5.95. The fourth-order valence-electron chi connectivity index (χ4n) is 4.02. The van der Waals surface area contributed by atoms with Crippen LogP contribution in [-0.4, -0.2) is 39.9 Å². The van der Waals surface area contributed by atoms with Gasteiger partial charge in [-0.15, -0.1) is 0 Å². The average Bonchev–Trinajstić information content (AvgIpc) is 3.09. The summed E-state index contributed by atoms with van der Waals surface area (Å²) >= 11 is 0. The fraction of sp³-hybridized carbons (Fsp3) is 0.450. The maximum atomic E-state index is 12.7. The zero-order valence-corrected chi connectivity index (χ0v) is 15.8. The van der Waals surface area contributed by atoms with Gasteiger partial charge in [0.25, 0.3) is 5.91 Å². The number of aromatic nitrogens is 2. The highest BCUT2D eigenvalue weighted by Gasteiger charge is 2.38. The number of nitrogens with zero attached hydrogens (tertiary/aromatic N) is 3. The van der Waals surface area contributed by atoms with Gasteiger partial charge in [-0.3, -0.25) is 14.6 Å². The summed E-state index contributed by atoms with van der Waals surface area (Å²) in [7, 11) is 1.82. The number of hydrogen-bond donors (Lipinski definition) is 1. The van der Waals surface area contributed by atoms with E-state index in [4.69, 9.17) is 0 Å². The quantitative estimate of drug-likeness (QED) is 0.897. The van der Waals surface area contributed by atoms with Gasteiger partial charge in [-0.1, -0.05) is 6.07 Å². The normalized spacial score (nSPS) is 19.8. The number of hydrogen-bond acceptors (Lipinski definition) is 3. The number of pyridine rings is 1. The molecule has 1 saturated heterocycles. The molecular weight excluding hydrogens is 328 g/mol. The van der Waals surface area contributed by atoms with E-state index in [9.17, 15) is 9.59 Å². The van der Waals surface area contributed by atoms with Gasteiger partial charge < -0.3 is 14.8 Å². The molecule has 138 valence electrons. The van der Waals surface area contributed by atoms with E-state index in [1.165, 1.54) is 0 Å². The van der Waals surface area contributed by atoms with E-state index in [0.29, 0.717) is 18.5 Å². The van der Waals surface area contributed by atoms with E-state index in [1.807, 2.05) is 39.1 Å². The molecule has 0 saturated carbocycles. The Balaban J connectivity index is 1.74. The molecular formula is C20H26N4O2. The highest BCUT2D eigenvalue weighted by atomic mass is 16.2. The average molecular weight is 354 g/mol. The molecule has 1 aliphatic rings. The minimum Gasteiger partial charge on any atom is -0.352 e. The predicted octanol–water partition coefficient (Wildman–Crippen LogP) is 2.47. The van der Waals surface area contributed by atoms with Crippen molar-refractivity contribution in [2.24, 2.45) is 5.92 Å². The van der Waals surface area contributed by atoms with Crippen LogP contribution in [0.4, 0.5) is 0 Å². The van der Waals surface area contributed by atoms with Crippen LogP contribution in [0.25, 0.3) is 0 Å². The molecule has 6 heteroatoms. The van der Waals surface area contributed by atoms with Crippen molar-refractivity contribution in [1.82, 2.24) is 19.8 Å². The summed E-state index contributed by atoms with van der Waals surface area (Å²) in [5.74, 6) is 0.0577. The van der Waals surface area contributed by atoms with Gasteiger partial charge in [0.1, 0.15) is 0 Å². The van der Waals surface area contributed by atoms with Crippen molar-refractivity contribution in [3.8, 4) is 0 Å². The standard InChI is InChI=1S/C20H26N4O2/c1-5-24-13(2)9-17(14(24)3)20(26)22-12-16-10-18(25)23(4)19(16)15-7-6-8-21-11-15/h6-9,11,16,19H,5,10,12H2,1-4H3,(H,22,26)/t16-,19-/m0/s1. The Morgan fingerprint density at radius 3 is 2.77 bits per heavy atom. The van der Waals surface area contributed by atoms with E-state index in [2.05, 4.69) is 21.8 Å². The molecule has 1 aliphatic heterocycles. The third-order valence-electron chi connectivity index (χ3n) is 5.38. The summed E-state index contributed by atoms with van der Waals surface area (Å²) in [6, 6.07) is 5.73. The molecule has 6 nitrogen and oxygen atoms in total. The van der Waals surface area contributed by atoms with Crippen molar-refractivity contribution in [3.63, 3.8) is 0 Å². The minimum atomic E-state index is -0.0789. The first-order valence-electron chi connectivity index (χ1n) is 9.04. The fourth-order valence-corrected chi connectivity index (χ4v) is 4.02. The first kappa shape index (κ1) is 18.2. The summed E-state index contributed by atoms with van der Waals surface area (Å²) in [5.41, 5.74) is 3.77. The predicted molar refractivity (Wildman–Crippen MR) is 99.8 cm³/mol. The van der Waals surface area contributed by atoms with Gasteiger partial charge >= 0.3 is 0 Å². The van der Waals surface area contributed by atoms with Crippen LogP contribution in [0.15, 0.2) is 30.6 Å². The van der Waals surface area contributed by atoms with Crippen LogP contribution >= 0.6 is 0 Å². The second-order valence-corrected chi connectivity index (χ2v) is 6.94. The molecule has 2 atom stereocenters. The first-order chi connectivity index (χ1) is 12.4. The SMILES string of the molecule is CCn1c(C)cc(C(=O)NC[C@@H]2CC(=O)N(C)[C@H]2c2cccnc2)c1C. The van der Waals surface area contributed by atoms with Gasteiger partial charge in [0.15, 0.2) is 0 Å². The Morgan fingerprint density at radius 1 is 1.38 bits per heavy atom. The molecule has 2 amide bonds. The molecule has 2 aromatic heterocycles. The largest absolute Gasteiger partial charge is 0.352 e. The molecule has 0 unspecified atom stereocenters. The molecule has 26 heavy (non-hydrogen) atoms. The molecule has 1 N–H and O–H groups in total. The minimum absolute atomic E-state index is 0.0373. The zero-order valence-electron chi connectivity index (χ0n) is 15.8. The molecule has 0 radical (unpaired) electrons. The van der Waals surface area contributed by atoms with Crippen LogP contribution in [0.5, 0.6) is 0 Å². The van der Waals surface area contributed by atoms with Crippen LogP contribution in [-0.2, 0) is 11.3 Å². The number of rotatable bonds is 5. The molecule has 3 heterocycles. The summed E-state index contributed by atoms with van der Waals surface area (Å²) in [4.78, 5) is 30.8. The third kappa shape index (κ3) is 3.23. The number of likely N-dealkylation sites (tertiary alicyclic amines) is 1. The van der Waals surface area contributed by atoms with Crippen molar-refractivity contribution < 1.29 is 9.59 Å². The maximum absolute atomic E-state index is 12.7. The Hall–Kier alpha value is -2.63. The van der Waals surface area contributed by atoms with E-state index < -0.39 is 0 Å². The van der Waals surface area contributed by atoms with E-state index >= 15 is 0 Å². The van der Waals surface area contributed by atoms with E-state index in [-0.39, 0.29) is 23.8 Å². The molecule has 0 aromatic carbocycles. The second-order valence-electron chi connectivity index (χ2n) is 6.94. The monoisotopic (exact) mass is 354 g/mol. The lowest BCUT2D eigenvalue weighted by Gasteiger charge is -2.25. The smallest absolute Gasteiger partial charge is 0.253 e. The first-order valence-corrected chi connectivity index (χ1v) is 9.04. The highest BCUT2D eigenvalue weighted by Crippen LogP contribution is 2.36. The number of amides is 2. The van der Waals surface area contributed by atoms with Gasteiger partial charge in [0, 0.05) is 56.3 Å². The Labute approximate surface area is 154 Å². The summed E-state index contributed by atoms with van der Waals surface area (Å²) in [5, 5.41) is 3.04. The lowest BCUT2D eigenvalue weighted by Crippen LogP contribution is -2.32. The zero-order chi connectivity index (χ0) is 18.8. The molecule has 3 rings (SSSR count). The van der Waals surface area contributed by atoms with Crippen molar-refractivity contribution in [2.45, 2.75) is 39.8 Å². The number of carbonyl (C=O) groups is 2. The van der Waals surface area contributed by atoms with E-state index in [0.717, 1.165) is 23.5 Å². The van der Waals surface area contributed by atoms with Gasteiger partial charge in [-0.2, -0.15) is 0 Å². The topological polar surface area (TPSA) is 67.2 Å². The number of nitrogens with one attached hydrogen (secondary N) is 1. The summed E-state index contributed by atoms with van der Waals surface area (Å²) in [6.45, 7) is 7.35. The third-order valence-corrected chi connectivity index (χ3v) is 5.38. The van der Waals surface area contributed by atoms with Crippen molar-refractivity contribution in [3.05, 3.63) is 53.1 Å². The number of carbonyl (C=O) groups excluding carboxylic acids is 2.